The van der Waals surface area contributed by atoms with Gasteiger partial charge in [-0.15, -0.1) is 0 Å². The monoisotopic (exact) mass is 818 g/mol. The highest BCUT2D eigenvalue weighted by atomic mass is 16.2. The molecule has 1 aliphatic rings. The maximum atomic E-state index is 15.7. The van der Waals surface area contributed by atoms with E-state index in [2.05, 4.69) is 39.7 Å². The first kappa shape index (κ1) is 37.9. The van der Waals surface area contributed by atoms with Crippen molar-refractivity contribution in [3.8, 4) is 67.4 Å². The Morgan fingerprint density at radius 3 is 1.52 bits per heavy atom. The number of nitriles is 1. The van der Waals surface area contributed by atoms with Gasteiger partial charge >= 0.3 is 0 Å². The predicted octanol–water partition coefficient (Wildman–Crippen LogP) is 14.3. The lowest BCUT2D eigenvalue weighted by Gasteiger charge is -2.24. The van der Waals surface area contributed by atoms with Gasteiger partial charge in [0.05, 0.1) is 51.7 Å². The minimum atomic E-state index is -0.437. The number of para-hydroxylation sites is 1. The minimum Gasteiger partial charge on any atom is -0.308 e. The molecule has 6 nitrogen and oxygen atoms in total. The van der Waals surface area contributed by atoms with Gasteiger partial charge in [-0.2, -0.15) is 5.26 Å². The number of fused-ring (bicyclic) bond motifs is 4. The van der Waals surface area contributed by atoms with Crippen molar-refractivity contribution in [2.45, 2.75) is 0 Å². The SMILES string of the molecule is [C-]#[N+]c1ccccc1-c1cccc2c1c1c(-c3ccccc3C#N)cccc1n2-c1cccc2c1C(=O)N(c1c(-c3ccccc3)cc(-c3ccccc3)cc1-c1ccccc1)C2=O. The van der Waals surface area contributed by atoms with Crippen LogP contribution in [0, 0.1) is 17.9 Å². The molecule has 0 saturated heterocycles. The average Bonchev–Trinajstić information content (AvgIpc) is 3.84. The third kappa shape index (κ3) is 5.94. The Labute approximate surface area is 369 Å². The van der Waals surface area contributed by atoms with Crippen molar-refractivity contribution in [2.75, 3.05) is 4.90 Å². The zero-order chi connectivity index (χ0) is 43.3. The summed E-state index contributed by atoms with van der Waals surface area (Å²) >= 11 is 0. The quantitative estimate of drug-likeness (QED) is 0.119. The molecule has 298 valence electrons. The second kappa shape index (κ2) is 15.4. The molecule has 2 amide bonds. The first-order valence-electron chi connectivity index (χ1n) is 20.9. The van der Waals surface area contributed by atoms with Crippen molar-refractivity contribution < 1.29 is 9.59 Å². The Bertz CT molecular complexity index is 3440. The first-order valence-corrected chi connectivity index (χ1v) is 20.9. The van der Waals surface area contributed by atoms with Gasteiger partial charge in [0.1, 0.15) is 0 Å². The molecule has 64 heavy (non-hydrogen) atoms. The van der Waals surface area contributed by atoms with E-state index in [4.69, 9.17) is 6.57 Å². The van der Waals surface area contributed by atoms with Gasteiger partial charge in [0.2, 0.25) is 0 Å². The van der Waals surface area contributed by atoms with Crippen LogP contribution in [0.25, 0.3) is 88.0 Å². The number of benzene rings is 9. The van der Waals surface area contributed by atoms with Crippen molar-refractivity contribution in [1.82, 2.24) is 4.57 Å². The Hall–Kier alpha value is -9.10. The Kier molecular flexibility index (Phi) is 9.12. The standard InChI is InChI=1S/C58H34N4O2/c1-60-49-30-14-13-26-43(49)45-28-16-32-51-54(45)53-44(42-25-12-11-24-40(42)36-59)27-15-31-50(53)61(51)52-33-17-29-46-55(52)58(64)62(57(46)63)56-47(38-20-7-3-8-21-38)34-41(37-18-5-2-6-19-37)35-48(56)39-22-9-4-10-23-39/h2-35H. The zero-order valence-electron chi connectivity index (χ0n) is 34.2. The summed E-state index contributed by atoms with van der Waals surface area (Å²) < 4.78 is 2.06. The number of carbonyl (C=O) groups excluding carboxylic acids is 2. The van der Waals surface area contributed by atoms with Gasteiger partial charge in [-0.1, -0.05) is 164 Å². The Morgan fingerprint density at radius 1 is 0.438 bits per heavy atom. The van der Waals surface area contributed by atoms with Gasteiger partial charge in [-0.05, 0) is 81.4 Å². The van der Waals surface area contributed by atoms with E-state index < -0.39 is 11.8 Å². The van der Waals surface area contributed by atoms with E-state index in [0.717, 1.165) is 77.4 Å². The lowest BCUT2D eigenvalue weighted by atomic mass is 9.90. The van der Waals surface area contributed by atoms with E-state index in [1.54, 1.807) is 6.07 Å². The minimum absolute atomic E-state index is 0.284. The highest BCUT2D eigenvalue weighted by molar-refractivity contribution is 6.37. The average molecular weight is 819 g/mol. The second-order valence-electron chi connectivity index (χ2n) is 15.7. The summed E-state index contributed by atoms with van der Waals surface area (Å²) in [7, 11) is 0. The molecule has 0 atom stereocenters. The van der Waals surface area contributed by atoms with Crippen LogP contribution in [0.1, 0.15) is 26.3 Å². The van der Waals surface area contributed by atoms with E-state index in [-0.39, 0.29) is 5.56 Å². The molecule has 0 unspecified atom stereocenters. The third-order valence-corrected chi connectivity index (χ3v) is 12.2. The molecule has 1 aliphatic heterocycles. The Morgan fingerprint density at radius 2 is 0.922 bits per heavy atom. The van der Waals surface area contributed by atoms with E-state index in [1.807, 2.05) is 176 Å². The van der Waals surface area contributed by atoms with Gasteiger partial charge in [0.15, 0.2) is 5.69 Å². The summed E-state index contributed by atoms with van der Waals surface area (Å²) in [5.41, 5.74) is 12.6. The molecule has 0 fully saturated rings. The van der Waals surface area contributed by atoms with E-state index in [0.29, 0.717) is 28.2 Å². The molecule has 9 aromatic carbocycles. The fourth-order valence-electron chi connectivity index (χ4n) is 9.44. The topological polar surface area (TPSA) is 70.5 Å². The van der Waals surface area contributed by atoms with Crippen LogP contribution in [0.15, 0.2) is 206 Å². The molecule has 0 N–H and O–H groups in total. The number of amides is 2. The Balaban J connectivity index is 1.20. The molecule has 0 radical (unpaired) electrons. The number of hydrogen-bond acceptors (Lipinski definition) is 3. The van der Waals surface area contributed by atoms with E-state index >= 15 is 9.59 Å². The number of rotatable bonds is 7. The molecule has 10 aromatic rings. The fourth-order valence-corrected chi connectivity index (χ4v) is 9.44. The number of imide groups is 1. The number of hydrogen-bond donors (Lipinski definition) is 0. The second-order valence-corrected chi connectivity index (χ2v) is 15.7. The maximum Gasteiger partial charge on any atom is 0.268 e. The summed E-state index contributed by atoms with van der Waals surface area (Å²) in [4.78, 5) is 36.2. The first-order chi connectivity index (χ1) is 31.6. The number of nitrogens with zero attached hydrogens (tertiary/aromatic N) is 4. The predicted molar refractivity (Wildman–Crippen MR) is 257 cm³/mol. The van der Waals surface area contributed by atoms with Gasteiger partial charge in [0.25, 0.3) is 11.8 Å². The van der Waals surface area contributed by atoms with Crippen LogP contribution in [0.5, 0.6) is 0 Å². The molecule has 6 heteroatoms. The van der Waals surface area contributed by atoms with E-state index in [9.17, 15) is 5.26 Å². The molecule has 0 bridgehead atoms. The van der Waals surface area contributed by atoms with Crippen molar-refractivity contribution in [3.63, 3.8) is 0 Å². The van der Waals surface area contributed by atoms with Crippen LogP contribution in [-0.2, 0) is 0 Å². The summed E-state index contributed by atoms with van der Waals surface area (Å²) in [6.07, 6.45) is 0. The maximum absolute atomic E-state index is 15.7. The largest absolute Gasteiger partial charge is 0.308 e. The van der Waals surface area contributed by atoms with Crippen LogP contribution >= 0.6 is 0 Å². The van der Waals surface area contributed by atoms with Crippen LogP contribution in [-0.4, -0.2) is 16.4 Å². The molecular formula is C58H34N4O2. The third-order valence-electron chi connectivity index (χ3n) is 12.2. The fraction of sp³-hybridized carbons (Fsp3) is 0. The molecular weight excluding hydrogens is 785 g/mol. The zero-order valence-corrected chi connectivity index (χ0v) is 34.2. The lowest BCUT2D eigenvalue weighted by Crippen LogP contribution is -2.30. The number of aromatic nitrogens is 1. The van der Waals surface area contributed by atoms with Crippen molar-refractivity contribution in [2.24, 2.45) is 0 Å². The van der Waals surface area contributed by atoms with Crippen LogP contribution in [0.4, 0.5) is 11.4 Å². The van der Waals surface area contributed by atoms with Crippen molar-refractivity contribution in [3.05, 3.63) is 234 Å². The van der Waals surface area contributed by atoms with Gasteiger partial charge in [0, 0.05) is 27.5 Å². The molecule has 0 aliphatic carbocycles. The summed E-state index contributed by atoms with van der Waals surface area (Å²) in [5, 5.41) is 12.0. The van der Waals surface area contributed by atoms with Crippen molar-refractivity contribution in [1.29, 1.82) is 5.26 Å². The normalized spacial score (nSPS) is 12.1. The molecule has 1 aromatic heterocycles. The summed E-state index contributed by atoms with van der Waals surface area (Å²) in [6.45, 7) is 8.09. The van der Waals surface area contributed by atoms with Gasteiger partial charge < -0.3 is 4.57 Å². The summed E-state index contributed by atoms with van der Waals surface area (Å²) in [5.74, 6) is -0.854. The molecule has 2 heterocycles. The molecule has 0 saturated carbocycles. The highest BCUT2D eigenvalue weighted by Crippen LogP contribution is 2.49. The molecule has 11 rings (SSSR count). The van der Waals surface area contributed by atoms with Gasteiger partial charge in [-0.25, -0.2) is 9.74 Å². The van der Waals surface area contributed by atoms with Crippen LogP contribution < -0.4 is 4.90 Å². The molecule has 0 spiro atoms. The van der Waals surface area contributed by atoms with Crippen molar-refractivity contribution >= 4 is 45.0 Å². The smallest absolute Gasteiger partial charge is 0.268 e. The van der Waals surface area contributed by atoms with Crippen LogP contribution in [0.2, 0.25) is 0 Å². The van der Waals surface area contributed by atoms with Crippen LogP contribution in [0.3, 0.4) is 0 Å². The number of anilines is 1. The summed E-state index contributed by atoms with van der Waals surface area (Å²) in [6, 6.07) is 69.0. The lowest BCUT2D eigenvalue weighted by molar-refractivity contribution is 0.0926. The van der Waals surface area contributed by atoms with Gasteiger partial charge in [-0.3, -0.25) is 9.59 Å². The highest BCUT2D eigenvalue weighted by Gasteiger charge is 2.42. The number of carbonyl (C=O) groups is 2. The van der Waals surface area contributed by atoms with E-state index in [1.165, 1.54) is 4.90 Å².